The molecule has 0 unspecified atom stereocenters. The van der Waals surface area contributed by atoms with E-state index in [1.54, 1.807) is 41.1 Å². The number of anilines is 1. The van der Waals surface area contributed by atoms with Crippen LogP contribution in [0.15, 0.2) is 59.4 Å². The van der Waals surface area contributed by atoms with Crippen LogP contribution in [0.4, 0.5) is 10.5 Å². The number of nitrogens with zero attached hydrogens (tertiary/aromatic N) is 3. The molecule has 7 nitrogen and oxygen atoms in total. The number of aromatic nitrogens is 1. The monoisotopic (exact) mass is 438 g/mol. The molecule has 0 aliphatic carbocycles. The van der Waals surface area contributed by atoms with Gasteiger partial charge in [-0.3, -0.25) is 9.59 Å². The van der Waals surface area contributed by atoms with Gasteiger partial charge in [0, 0.05) is 55.4 Å². The molecular weight excluding hydrogens is 416 g/mol. The van der Waals surface area contributed by atoms with Gasteiger partial charge in [-0.2, -0.15) is 0 Å². The molecule has 0 spiro atoms. The first-order valence-electron chi connectivity index (χ1n) is 10.1. The first-order valence-corrected chi connectivity index (χ1v) is 10.5. The normalized spacial score (nSPS) is 14.4. The number of rotatable bonds is 2. The minimum absolute atomic E-state index is 0.186. The number of amides is 3. The molecule has 2 heterocycles. The van der Waals surface area contributed by atoms with E-state index in [0.29, 0.717) is 48.9 Å². The van der Waals surface area contributed by atoms with Crippen LogP contribution in [0.2, 0.25) is 5.02 Å². The number of halogens is 1. The zero-order valence-electron chi connectivity index (χ0n) is 17.2. The zero-order valence-corrected chi connectivity index (χ0v) is 17.9. The van der Waals surface area contributed by atoms with Crippen molar-refractivity contribution >= 4 is 40.1 Å². The lowest BCUT2D eigenvalue weighted by Crippen LogP contribution is -2.39. The number of fused-ring (bicyclic) bond motifs is 1. The predicted molar refractivity (Wildman–Crippen MR) is 122 cm³/mol. The van der Waals surface area contributed by atoms with E-state index in [4.69, 9.17) is 11.6 Å². The molecule has 3 amide bonds. The summed E-state index contributed by atoms with van der Waals surface area (Å²) in [5.41, 5.74) is 1.56. The van der Waals surface area contributed by atoms with Crippen molar-refractivity contribution in [1.29, 1.82) is 0 Å². The Bertz CT molecular complexity index is 1190. The highest BCUT2D eigenvalue weighted by Gasteiger charge is 2.24. The Balaban J connectivity index is 1.49. The standard InChI is InChI=1S/C23H23ClN4O3/c1-26-20-6-3-2-5-18(20)19(15-21(26)29)22(30)27-11-4-12-28(14-13-27)23(31)25-17-9-7-16(24)8-10-17/h2-3,5-10,15H,4,11-14H2,1H3,(H,25,31). The molecule has 1 aliphatic rings. The van der Waals surface area contributed by atoms with Gasteiger partial charge in [-0.25, -0.2) is 4.79 Å². The van der Waals surface area contributed by atoms with Gasteiger partial charge >= 0.3 is 6.03 Å². The maximum absolute atomic E-state index is 13.3. The Morgan fingerprint density at radius 1 is 0.935 bits per heavy atom. The van der Waals surface area contributed by atoms with Gasteiger partial charge in [0.15, 0.2) is 0 Å². The minimum Gasteiger partial charge on any atom is -0.337 e. The number of urea groups is 1. The van der Waals surface area contributed by atoms with E-state index < -0.39 is 0 Å². The molecule has 4 rings (SSSR count). The van der Waals surface area contributed by atoms with Gasteiger partial charge in [0.05, 0.1) is 11.1 Å². The van der Waals surface area contributed by atoms with Crippen LogP contribution in [-0.4, -0.2) is 52.5 Å². The van der Waals surface area contributed by atoms with E-state index in [9.17, 15) is 14.4 Å². The quantitative estimate of drug-likeness (QED) is 0.664. The van der Waals surface area contributed by atoms with E-state index in [1.165, 1.54) is 10.6 Å². The molecule has 0 saturated carbocycles. The summed E-state index contributed by atoms with van der Waals surface area (Å²) in [7, 11) is 1.70. The van der Waals surface area contributed by atoms with Crippen molar-refractivity contribution in [2.24, 2.45) is 7.05 Å². The number of carbonyl (C=O) groups excluding carboxylic acids is 2. The number of aryl methyl sites for hydroxylation is 1. The second kappa shape index (κ2) is 8.81. The van der Waals surface area contributed by atoms with E-state index in [1.807, 2.05) is 24.3 Å². The predicted octanol–water partition coefficient (Wildman–Crippen LogP) is 3.57. The summed E-state index contributed by atoms with van der Waals surface area (Å²) in [6.07, 6.45) is 0.655. The average Bonchev–Trinajstić information content (AvgIpc) is 3.04. The third-order valence-electron chi connectivity index (χ3n) is 5.55. The van der Waals surface area contributed by atoms with E-state index in [0.717, 1.165) is 10.9 Å². The summed E-state index contributed by atoms with van der Waals surface area (Å²) >= 11 is 5.89. The number of hydrogen-bond acceptors (Lipinski definition) is 3. The molecule has 1 saturated heterocycles. The van der Waals surface area contributed by atoms with Crippen LogP contribution in [0, 0.1) is 0 Å². The Morgan fingerprint density at radius 2 is 1.61 bits per heavy atom. The summed E-state index contributed by atoms with van der Waals surface area (Å²) in [6.45, 7) is 1.87. The van der Waals surface area contributed by atoms with Gasteiger partial charge in [-0.15, -0.1) is 0 Å². The first kappa shape index (κ1) is 20.9. The van der Waals surface area contributed by atoms with Crippen LogP contribution in [0.5, 0.6) is 0 Å². The fourth-order valence-corrected chi connectivity index (χ4v) is 3.94. The highest BCUT2D eigenvalue weighted by molar-refractivity contribution is 6.30. The fraction of sp³-hybridized carbons (Fsp3) is 0.261. The molecule has 160 valence electrons. The van der Waals surface area contributed by atoms with Crippen molar-refractivity contribution in [2.45, 2.75) is 6.42 Å². The molecule has 0 atom stereocenters. The van der Waals surface area contributed by atoms with Crippen molar-refractivity contribution in [1.82, 2.24) is 14.4 Å². The second-order valence-electron chi connectivity index (χ2n) is 7.54. The van der Waals surface area contributed by atoms with Crippen LogP contribution in [-0.2, 0) is 7.05 Å². The van der Waals surface area contributed by atoms with Gasteiger partial charge < -0.3 is 19.7 Å². The van der Waals surface area contributed by atoms with Crippen LogP contribution in [0.1, 0.15) is 16.8 Å². The van der Waals surface area contributed by atoms with E-state index in [-0.39, 0.29) is 17.5 Å². The number of benzene rings is 2. The molecule has 0 radical (unpaired) electrons. The van der Waals surface area contributed by atoms with Crippen LogP contribution in [0.3, 0.4) is 0 Å². The Morgan fingerprint density at radius 3 is 2.39 bits per heavy atom. The van der Waals surface area contributed by atoms with Gasteiger partial charge in [0.1, 0.15) is 0 Å². The lowest BCUT2D eigenvalue weighted by Gasteiger charge is -2.23. The summed E-state index contributed by atoms with van der Waals surface area (Å²) in [5.74, 6) is -0.186. The number of hydrogen-bond donors (Lipinski definition) is 1. The zero-order chi connectivity index (χ0) is 22.0. The summed E-state index contributed by atoms with van der Waals surface area (Å²) in [6, 6.07) is 15.5. The molecule has 1 N–H and O–H groups in total. The number of para-hydroxylation sites is 1. The Labute approximate surface area is 184 Å². The van der Waals surface area contributed by atoms with Crippen molar-refractivity contribution in [3.05, 3.63) is 75.5 Å². The molecule has 1 aliphatic heterocycles. The number of carbonyl (C=O) groups is 2. The maximum atomic E-state index is 13.3. The smallest absolute Gasteiger partial charge is 0.321 e. The average molecular weight is 439 g/mol. The number of pyridine rings is 1. The highest BCUT2D eigenvalue weighted by Crippen LogP contribution is 2.19. The Kier molecular flexibility index (Phi) is 5.95. The molecule has 1 fully saturated rings. The third-order valence-corrected chi connectivity index (χ3v) is 5.80. The highest BCUT2D eigenvalue weighted by atomic mass is 35.5. The molecule has 3 aromatic rings. The largest absolute Gasteiger partial charge is 0.337 e. The molecule has 0 bridgehead atoms. The van der Waals surface area contributed by atoms with E-state index in [2.05, 4.69) is 5.32 Å². The molecule has 31 heavy (non-hydrogen) atoms. The van der Waals surface area contributed by atoms with Crippen molar-refractivity contribution in [2.75, 3.05) is 31.5 Å². The molecule has 1 aromatic heterocycles. The van der Waals surface area contributed by atoms with Gasteiger partial charge in [-0.05, 0) is 36.8 Å². The second-order valence-corrected chi connectivity index (χ2v) is 7.98. The van der Waals surface area contributed by atoms with Crippen molar-refractivity contribution in [3.63, 3.8) is 0 Å². The molecule has 2 aromatic carbocycles. The first-order chi connectivity index (χ1) is 14.9. The van der Waals surface area contributed by atoms with Gasteiger partial charge in [0.2, 0.25) is 0 Å². The maximum Gasteiger partial charge on any atom is 0.321 e. The van der Waals surface area contributed by atoms with Crippen molar-refractivity contribution in [3.8, 4) is 0 Å². The van der Waals surface area contributed by atoms with E-state index >= 15 is 0 Å². The van der Waals surface area contributed by atoms with Crippen LogP contribution in [0.25, 0.3) is 10.9 Å². The third kappa shape index (κ3) is 4.41. The SMILES string of the molecule is Cn1c(=O)cc(C(=O)N2CCCN(C(=O)Nc3ccc(Cl)cc3)CC2)c2ccccc21. The van der Waals surface area contributed by atoms with Gasteiger partial charge in [-0.1, -0.05) is 29.8 Å². The Hall–Kier alpha value is -3.32. The molecule has 8 heteroatoms. The van der Waals surface area contributed by atoms with Crippen LogP contribution < -0.4 is 10.9 Å². The van der Waals surface area contributed by atoms with Gasteiger partial charge in [0.25, 0.3) is 11.5 Å². The minimum atomic E-state index is -0.221. The van der Waals surface area contributed by atoms with Crippen LogP contribution >= 0.6 is 11.6 Å². The molecular formula is C23H23ClN4O3. The summed E-state index contributed by atoms with van der Waals surface area (Å²) in [5, 5.41) is 4.21. The summed E-state index contributed by atoms with van der Waals surface area (Å²) < 4.78 is 1.54. The summed E-state index contributed by atoms with van der Waals surface area (Å²) in [4.78, 5) is 41.7. The fourth-order valence-electron chi connectivity index (χ4n) is 3.82. The number of nitrogens with one attached hydrogen (secondary N) is 1. The lowest BCUT2D eigenvalue weighted by atomic mass is 10.1. The topological polar surface area (TPSA) is 74.7 Å². The van der Waals surface area contributed by atoms with Crippen molar-refractivity contribution < 1.29 is 9.59 Å². The lowest BCUT2D eigenvalue weighted by molar-refractivity contribution is 0.0764.